The molecule has 0 N–H and O–H groups in total. The Morgan fingerprint density at radius 1 is 1.19 bits per heavy atom. The molecule has 0 radical (unpaired) electrons. The summed E-state index contributed by atoms with van der Waals surface area (Å²) in [5.74, 6) is -0.550. The fourth-order valence-corrected chi connectivity index (χ4v) is 1.70. The molecule has 2 aromatic rings. The number of methoxy groups -OCH3 is 1. The van der Waals surface area contributed by atoms with E-state index in [2.05, 4.69) is 4.74 Å². The van der Waals surface area contributed by atoms with Crippen molar-refractivity contribution in [3.05, 3.63) is 71.6 Å². The number of ether oxygens (including phenoxy) is 2. The molecule has 0 unspecified atom stereocenters. The number of hydrogen-bond donors (Lipinski definition) is 0. The Morgan fingerprint density at radius 2 is 1.95 bits per heavy atom. The van der Waals surface area contributed by atoms with E-state index >= 15 is 0 Å². The second-order valence-electron chi connectivity index (χ2n) is 4.31. The summed E-state index contributed by atoms with van der Waals surface area (Å²) in [5, 5.41) is 0. The van der Waals surface area contributed by atoms with E-state index in [-0.39, 0.29) is 0 Å². The fraction of sp³-hybridized carbons (Fsp3) is 0.118. The highest BCUT2D eigenvalue weighted by Gasteiger charge is 2.03. The number of halogens is 1. The van der Waals surface area contributed by atoms with E-state index in [0.29, 0.717) is 17.9 Å². The molecule has 4 heteroatoms. The SMILES string of the molecule is COC(=O)C=Cc1ccc(OCc2ccccc2)cc1F. The molecule has 0 saturated heterocycles. The Balaban J connectivity index is 2.02. The van der Waals surface area contributed by atoms with Gasteiger partial charge in [-0.2, -0.15) is 0 Å². The summed E-state index contributed by atoms with van der Waals surface area (Å²) in [4.78, 5) is 11.0. The summed E-state index contributed by atoms with van der Waals surface area (Å²) in [7, 11) is 1.27. The molecule has 0 fully saturated rings. The first-order chi connectivity index (χ1) is 10.2. The molecule has 3 nitrogen and oxygen atoms in total. The van der Waals surface area contributed by atoms with E-state index in [1.165, 1.54) is 25.3 Å². The summed E-state index contributed by atoms with van der Waals surface area (Å²) < 4.78 is 23.8. The lowest BCUT2D eigenvalue weighted by atomic mass is 10.2. The quantitative estimate of drug-likeness (QED) is 0.622. The minimum absolute atomic E-state index is 0.299. The van der Waals surface area contributed by atoms with E-state index in [9.17, 15) is 9.18 Å². The second-order valence-corrected chi connectivity index (χ2v) is 4.31. The van der Waals surface area contributed by atoms with Gasteiger partial charge in [0.25, 0.3) is 0 Å². The Hall–Kier alpha value is -2.62. The van der Waals surface area contributed by atoms with Crippen molar-refractivity contribution in [2.75, 3.05) is 7.11 Å². The third kappa shape index (κ3) is 4.45. The molecule has 2 rings (SSSR count). The molecule has 0 aliphatic rings. The van der Waals surface area contributed by atoms with E-state index in [0.717, 1.165) is 5.56 Å². The molecule has 0 saturated carbocycles. The lowest BCUT2D eigenvalue weighted by Crippen LogP contribution is -1.96. The van der Waals surface area contributed by atoms with Crippen LogP contribution in [0.1, 0.15) is 11.1 Å². The third-order valence-electron chi connectivity index (χ3n) is 2.82. The third-order valence-corrected chi connectivity index (χ3v) is 2.82. The summed E-state index contributed by atoms with van der Waals surface area (Å²) in [6.07, 6.45) is 2.53. The molecule has 0 heterocycles. The van der Waals surface area contributed by atoms with Crippen molar-refractivity contribution in [1.82, 2.24) is 0 Å². The van der Waals surface area contributed by atoms with Gasteiger partial charge in [-0.15, -0.1) is 0 Å². The van der Waals surface area contributed by atoms with Gasteiger partial charge in [0.1, 0.15) is 18.2 Å². The molecule has 0 atom stereocenters. The average molecular weight is 286 g/mol. The van der Waals surface area contributed by atoms with Gasteiger partial charge in [0.2, 0.25) is 0 Å². The van der Waals surface area contributed by atoms with Crippen molar-refractivity contribution in [3.8, 4) is 5.75 Å². The van der Waals surface area contributed by atoms with Crippen LogP contribution in [-0.4, -0.2) is 13.1 Å². The van der Waals surface area contributed by atoms with Crippen molar-refractivity contribution < 1.29 is 18.7 Å². The van der Waals surface area contributed by atoms with Crippen LogP contribution in [0.3, 0.4) is 0 Å². The number of carbonyl (C=O) groups is 1. The number of esters is 1. The fourth-order valence-electron chi connectivity index (χ4n) is 1.70. The van der Waals surface area contributed by atoms with Crippen LogP contribution < -0.4 is 4.74 Å². The predicted molar refractivity (Wildman–Crippen MR) is 78.2 cm³/mol. The normalized spacial score (nSPS) is 10.6. The lowest BCUT2D eigenvalue weighted by Gasteiger charge is -2.07. The molecule has 0 amide bonds. The van der Waals surface area contributed by atoms with Crippen LogP contribution in [-0.2, 0) is 16.1 Å². The number of benzene rings is 2. The molecule has 0 aliphatic carbocycles. The maximum absolute atomic E-state index is 13.8. The van der Waals surface area contributed by atoms with Crippen molar-refractivity contribution >= 4 is 12.0 Å². The summed E-state index contributed by atoms with van der Waals surface area (Å²) in [5.41, 5.74) is 1.31. The highest BCUT2D eigenvalue weighted by molar-refractivity contribution is 5.86. The largest absolute Gasteiger partial charge is 0.489 e. The first-order valence-electron chi connectivity index (χ1n) is 6.41. The summed E-state index contributed by atoms with van der Waals surface area (Å²) >= 11 is 0. The lowest BCUT2D eigenvalue weighted by molar-refractivity contribution is -0.134. The monoisotopic (exact) mass is 286 g/mol. The van der Waals surface area contributed by atoms with Gasteiger partial charge in [-0.05, 0) is 23.8 Å². The Labute approximate surface area is 122 Å². The summed E-state index contributed by atoms with van der Waals surface area (Å²) in [6, 6.07) is 14.1. The van der Waals surface area contributed by atoms with Crippen molar-refractivity contribution in [2.45, 2.75) is 6.61 Å². The van der Waals surface area contributed by atoms with Crippen LogP contribution in [0.25, 0.3) is 6.08 Å². The van der Waals surface area contributed by atoms with Gasteiger partial charge < -0.3 is 9.47 Å². The first-order valence-corrected chi connectivity index (χ1v) is 6.41. The van der Waals surface area contributed by atoms with Crippen LogP contribution in [0.15, 0.2) is 54.6 Å². The van der Waals surface area contributed by atoms with Gasteiger partial charge in [-0.1, -0.05) is 30.3 Å². The molecular weight excluding hydrogens is 271 g/mol. The second kappa shape index (κ2) is 7.24. The van der Waals surface area contributed by atoms with E-state index < -0.39 is 11.8 Å². The van der Waals surface area contributed by atoms with Crippen LogP contribution in [0, 0.1) is 5.82 Å². The minimum Gasteiger partial charge on any atom is -0.489 e. The van der Waals surface area contributed by atoms with Gasteiger partial charge in [0.05, 0.1) is 7.11 Å². The molecule has 0 aromatic heterocycles. The van der Waals surface area contributed by atoms with Crippen molar-refractivity contribution in [1.29, 1.82) is 0 Å². The molecule has 2 aromatic carbocycles. The van der Waals surface area contributed by atoms with Gasteiger partial charge in [0.15, 0.2) is 0 Å². The van der Waals surface area contributed by atoms with Gasteiger partial charge in [0, 0.05) is 17.7 Å². The number of hydrogen-bond acceptors (Lipinski definition) is 3. The number of rotatable bonds is 5. The minimum atomic E-state index is -0.529. The number of carbonyl (C=O) groups excluding carboxylic acids is 1. The predicted octanol–water partition coefficient (Wildman–Crippen LogP) is 3.59. The molecule has 0 bridgehead atoms. The Bertz CT molecular complexity index is 636. The van der Waals surface area contributed by atoms with Crippen molar-refractivity contribution in [3.63, 3.8) is 0 Å². The topological polar surface area (TPSA) is 35.5 Å². The highest BCUT2D eigenvalue weighted by Crippen LogP contribution is 2.19. The highest BCUT2D eigenvalue weighted by atomic mass is 19.1. The summed E-state index contributed by atoms with van der Waals surface area (Å²) in [6.45, 7) is 0.373. The maximum atomic E-state index is 13.8. The van der Waals surface area contributed by atoms with Crippen LogP contribution in [0.5, 0.6) is 5.75 Å². The standard InChI is InChI=1S/C17H15FO3/c1-20-17(19)10-8-14-7-9-15(11-16(14)18)21-12-13-5-3-2-4-6-13/h2-11H,12H2,1H3. The van der Waals surface area contributed by atoms with Crippen LogP contribution >= 0.6 is 0 Å². The Kier molecular flexibility index (Phi) is 5.10. The van der Waals surface area contributed by atoms with Gasteiger partial charge >= 0.3 is 5.97 Å². The molecule has 21 heavy (non-hydrogen) atoms. The smallest absolute Gasteiger partial charge is 0.330 e. The molecule has 0 aliphatic heterocycles. The first kappa shape index (κ1) is 14.8. The zero-order valence-electron chi connectivity index (χ0n) is 11.6. The van der Waals surface area contributed by atoms with Crippen LogP contribution in [0.2, 0.25) is 0 Å². The zero-order valence-corrected chi connectivity index (χ0v) is 11.6. The maximum Gasteiger partial charge on any atom is 0.330 e. The van der Waals surface area contributed by atoms with Crippen LogP contribution in [0.4, 0.5) is 4.39 Å². The average Bonchev–Trinajstić information content (AvgIpc) is 2.52. The van der Waals surface area contributed by atoms with E-state index in [1.807, 2.05) is 30.3 Å². The molecule has 0 spiro atoms. The van der Waals surface area contributed by atoms with E-state index in [4.69, 9.17) is 4.74 Å². The van der Waals surface area contributed by atoms with Crippen molar-refractivity contribution in [2.24, 2.45) is 0 Å². The Morgan fingerprint density at radius 3 is 2.62 bits per heavy atom. The molecule has 108 valence electrons. The molecular formula is C17H15FO3. The van der Waals surface area contributed by atoms with E-state index in [1.54, 1.807) is 12.1 Å². The van der Waals surface area contributed by atoms with Gasteiger partial charge in [-0.3, -0.25) is 0 Å². The van der Waals surface area contributed by atoms with Gasteiger partial charge in [-0.25, -0.2) is 9.18 Å². The zero-order chi connectivity index (χ0) is 15.1.